The Labute approximate surface area is 236 Å². The molecule has 0 N–H and O–H groups in total. The maximum absolute atomic E-state index is 13.5. The fourth-order valence-electron chi connectivity index (χ4n) is 4.89. The van der Waals surface area contributed by atoms with Crippen LogP contribution in [-0.2, 0) is 0 Å². The fraction of sp³-hybridized carbons (Fsp3) is 0. The molecule has 194 valence electrons. The minimum absolute atomic E-state index is 0.132. The van der Waals surface area contributed by atoms with Gasteiger partial charge in [0.05, 0.1) is 33.6 Å². The van der Waals surface area contributed by atoms with E-state index in [9.17, 15) is 28.8 Å². The van der Waals surface area contributed by atoms with Crippen molar-refractivity contribution in [3.8, 4) is 11.1 Å². The zero-order valence-electron chi connectivity index (χ0n) is 20.2. The lowest BCUT2D eigenvalue weighted by Crippen LogP contribution is -2.29. The average molecular weight is 569 g/mol. The van der Waals surface area contributed by atoms with Crippen LogP contribution in [-0.4, -0.2) is 34.1 Å². The van der Waals surface area contributed by atoms with Gasteiger partial charge in [-0.15, -0.1) is 0 Å². The molecule has 2 heterocycles. The molecule has 0 spiro atoms. The van der Waals surface area contributed by atoms with Gasteiger partial charge in [0.25, 0.3) is 34.1 Å². The standard InChI is InChI=1S/C30H14Cl2N2O6/c31-25(35)15-4-9-18(10-5-15)33-27(37)21-13-8-17(14-23(21)29(33)39)20-2-1-3-22-24(20)30(40)34(28(22)38)19-11-6-16(7-12-19)26(32)36/h1-14H. The quantitative estimate of drug-likeness (QED) is 0.225. The van der Waals surface area contributed by atoms with E-state index in [1.54, 1.807) is 18.2 Å². The van der Waals surface area contributed by atoms with Crippen molar-refractivity contribution >= 4 is 68.7 Å². The van der Waals surface area contributed by atoms with Crippen LogP contribution in [0.4, 0.5) is 11.4 Å². The van der Waals surface area contributed by atoms with Crippen molar-refractivity contribution < 1.29 is 28.8 Å². The van der Waals surface area contributed by atoms with E-state index >= 15 is 0 Å². The summed E-state index contributed by atoms with van der Waals surface area (Å²) in [6, 6.07) is 21.0. The maximum Gasteiger partial charge on any atom is 0.266 e. The summed E-state index contributed by atoms with van der Waals surface area (Å²) in [5, 5.41) is -1.33. The van der Waals surface area contributed by atoms with Crippen molar-refractivity contribution in [1.82, 2.24) is 0 Å². The minimum Gasteiger partial charge on any atom is -0.276 e. The van der Waals surface area contributed by atoms with Gasteiger partial charge in [0.15, 0.2) is 0 Å². The number of imide groups is 2. The number of amides is 4. The highest BCUT2D eigenvalue weighted by Crippen LogP contribution is 2.38. The van der Waals surface area contributed by atoms with Crippen molar-refractivity contribution in [3.05, 3.63) is 118 Å². The third-order valence-electron chi connectivity index (χ3n) is 6.82. The van der Waals surface area contributed by atoms with Crippen LogP contribution >= 0.6 is 23.2 Å². The van der Waals surface area contributed by atoms with Crippen LogP contribution in [0.3, 0.4) is 0 Å². The summed E-state index contributed by atoms with van der Waals surface area (Å²) >= 11 is 11.0. The lowest BCUT2D eigenvalue weighted by atomic mass is 9.94. The number of benzene rings is 4. The molecular formula is C30H14Cl2N2O6. The van der Waals surface area contributed by atoms with E-state index in [2.05, 4.69) is 0 Å². The molecule has 6 rings (SSSR count). The molecule has 4 aromatic carbocycles. The third-order valence-corrected chi connectivity index (χ3v) is 7.25. The molecule has 10 heteroatoms. The van der Waals surface area contributed by atoms with Crippen LogP contribution < -0.4 is 9.80 Å². The topological polar surface area (TPSA) is 109 Å². The van der Waals surface area contributed by atoms with Gasteiger partial charge in [-0.05, 0) is 101 Å². The molecule has 0 aliphatic carbocycles. The van der Waals surface area contributed by atoms with Crippen LogP contribution in [0.1, 0.15) is 62.1 Å². The molecule has 0 radical (unpaired) electrons. The molecule has 8 nitrogen and oxygen atoms in total. The molecule has 2 aliphatic heterocycles. The second kappa shape index (κ2) is 9.37. The molecular weight excluding hydrogens is 555 g/mol. The lowest BCUT2D eigenvalue weighted by molar-refractivity contribution is 0.0910. The molecule has 0 saturated carbocycles. The first-order valence-electron chi connectivity index (χ1n) is 11.8. The number of carbonyl (C=O) groups excluding carboxylic acids is 6. The molecule has 4 amide bonds. The van der Waals surface area contributed by atoms with E-state index < -0.39 is 34.1 Å². The van der Waals surface area contributed by atoms with Gasteiger partial charge in [0.1, 0.15) is 0 Å². The smallest absolute Gasteiger partial charge is 0.266 e. The van der Waals surface area contributed by atoms with Gasteiger partial charge in [-0.1, -0.05) is 18.2 Å². The number of hydrogen-bond donors (Lipinski definition) is 0. The van der Waals surface area contributed by atoms with Gasteiger partial charge < -0.3 is 0 Å². The summed E-state index contributed by atoms with van der Waals surface area (Å²) in [5.41, 5.74) is 2.50. The van der Waals surface area contributed by atoms with E-state index in [-0.39, 0.29) is 44.8 Å². The minimum atomic E-state index is -0.665. The van der Waals surface area contributed by atoms with Gasteiger partial charge in [-0.25, -0.2) is 9.80 Å². The Morgan fingerprint density at radius 2 is 0.975 bits per heavy atom. The molecule has 0 saturated heterocycles. The number of anilines is 2. The predicted octanol–water partition coefficient (Wildman–Crippen LogP) is 5.71. The van der Waals surface area contributed by atoms with Gasteiger partial charge in [-0.2, -0.15) is 0 Å². The average Bonchev–Trinajstić information content (AvgIpc) is 3.36. The Morgan fingerprint density at radius 3 is 1.52 bits per heavy atom. The number of nitrogens with zero attached hydrogens (tertiary/aromatic N) is 2. The fourth-order valence-corrected chi connectivity index (χ4v) is 5.14. The normalized spacial score (nSPS) is 14.1. The zero-order chi connectivity index (χ0) is 28.3. The maximum atomic E-state index is 13.5. The summed E-state index contributed by atoms with van der Waals surface area (Å²) < 4.78 is 0. The highest BCUT2D eigenvalue weighted by Gasteiger charge is 2.40. The molecule has 0 aromatic heterocycles. The Bertz CT molecular complexity index is 1830. The highest BCUT2D eigenvalue weighted by atomic mass is 35.5. The summed E-state index contributed by atoms with van der Waals surface area (Å²) in [6.07, 6.45) is 0. The number of carbonyl (C=O) groups is 6. The second-order valence-electron chi connectivity index (χ2n) is 9.02. The Kier molecular flexibility index (Phi) is 5.94. The van der Waals surface area contributed by atoms with Gasteiger partial charge in [0.2, 0.25) is 0 Å². The number of rotatable bonds is 5. The molecule has 0 bridgehead atoms. The summed E-state index contributed by atoms with van der Waals surface area (Å²) in [7, 11) is 0. The lowest BCUT2D eigenvalue weighted by Gasteiger charge is -2.14. The number of halogens is 2. The SMILES string of the molecule is O=C(Cl)c1ccc(N2C(=O)c3ccc(-c4cccc5c4C(=O)N(c4ccc(C(=O)Cl)cc4)C5=O)cc3C2=O)cc1. The van der Waals surface area contributed by atoms with Crippen molar-refractivity contribution in [2.45, 2.75) is 0 Å². The number of fused-ring (bicyclic) bond motifs is 2. The summed E-state index contributed by atoms with van der Waals surface area (Å²) in [5.74, 6) is -2.22. The van der Waals surface area contributed by atoms with Crippen LogP contribution in [0.5, 0.6) is 0 Å². The second-order valence-corrected chi connectivity index (χ2v) is 9.71. The van der Waals surface area contributed by atoms with Crippen molar-refractivity contribution in [2.75, 3.05) is 9.80 Å². The van der Waals surface area contributed by atoms with Crippen LogP contribution in [0.15, 0.2) is 84.9 Å². The zero-order valence-corrected chi connectivity index (χ0v) is 21.7. The largest absolute Gasteiger partial charge is 0.276 e. The van der Waals surface area contributed by atoms with Crippen LogP contribution in [0.2, 0.25) is 0 Å². The highest BCUT2D eigenvalue weighted by molar-refractivity contribution is 6.68. The Hall–Kier alpha value is -4.92. The van der Waals surface area contributed by atoms with Crippen LogP contribution in [0, 0.1) is 0 Å². The predicted molar refractivity (Wildman–Crippen MR) is 147 cm³/mol. The molecule has 4 aromatic rings. The van der Waals surface area contributed by atoms with Gasteiger partial charge >= 0.3 is 0 Å². The van der Waals surface area contributed by atoms with Crippen molar-refractivity contribution in [2.24, 2.45) is 0 Å². The molecule has 0 fully saturated rings. The van der Waals surface area contributed by atoms with Crippen molar-refractivity contribution in [1.29, 1.82) is 0 Å². The van der Waals surface area contributed by atoms with Crippen molar-refractivity contribution in [3.63, 3.8) is 0 Å². The van der Waals surface area contributed by atoms with E-state index in [0.29, 0.717) is 11.1 Å². The number of hydrogen-bond acceptors (Lipinski definition) is 6. The molecule has 0 unspecified atom stereocenters. The summed E-state index contributed by atoms with van der Waals surface area (Å²) in [4.78, 5) is 78.0. The molecule has 0 atom stereocenters. The first kappa shape index (κ1) is 25.4. The third kappa shape index (κ3) is 3.85. The van der Waals surface area contributed by atoms with Gasteiger partial charge in [-0.3, -0.25) is 28.8 Å². The Morgan fingerprint density at radius 1 is 0.500 bits per heavy atom. The van der Waals surface area contributed by atoms with E-state index in [4.69, 9.17) is 23.2 Å². The molecule has 40 heavy (non-hydrogen) atoms. The van der Waals surface area contributed by atoms with E-state index in [0.717, 1.165) is 9.80 Å². The van der Waals surface area contributed by atoms with E-state index in [1.165, 1.54) is 66.7 Å². The molecule has 2 aliphatic rings. The first-order valence-corrected chi connectivity index (χ1v) is 12.6. The van der Waals surface area contributed by atoms with E-state index in [1.807, 2.05) is 0 Å². The summed E-state index contributed by atoms with van der Waals surface area (Å²) in [6.45, 7) is 0. The van der Waals surface area contributed by atoms with Gasteiger partial charge in [0, 0.05) is 11.1 Å². The first-order chi connectivity index (χ1) is 19.2. The van der Waals surface area contributed by atoms with Crippen LogP contribution in [0.25, 0.3) is 11.1 Å². The Balaban J connectivity index is 1.37. The monoisotopic (exact) mass is 568 g/mol.